The number of esters is 1. The Morgan fingerprint density at radius 2 is 2.00 bits per heavy atom. The van der Waals surface area contributed by atoms with Crippen LogP contribution in [0.4, 0.5) is 0 Å². The van der Waals surface area contributed by atoms with Gasteiger partial charge in [0.15, 0.2) is 11.5 Å². The number of pyridine rings is 1. The molecule has 0 bridgehead atoms. The molecule has 3 rings (SSSR count). The second-order valence-electron chi connectivity index (χ2n) is 4.91. The number of aromatic nitrogens is 1. The SMILES string of the molecule is O=C(Cc1cc2c(cc1Br)OCCO2)OCc1ccc(Cl)nc1. The van der Waals surface area contributed by atoms with Crippen LogP contribution in [0.2, 0.25) is 5.15 Å². The summed E-state index contributed by atoms with van der Waals surface area (Å²) in [5.74, 6) is 0.981. The molecule has 5 nitrogen and oxygen atoms in total. The van der Waals surface area contributed by atoms with Crippen LogP contribution in [0.15, 0.2) is 34.9 Å². The molecule has 0 radical (unpaired) electrons. The number of carbonyl (C=O) groups excluding carboxylic acids is 1. The van der Waals surface area contributed by atoms with E-state index in [1.165, 1.54) is 0 Å². The van der Waals surface area contributed by atoms with Gasteiger partial charge in [0, 0.05) is 16.2 Å². The van der Waals surface area contributed by atoms with Crippen LogP contribution < -0.4 is 9.47 Å². The fourth-order valence-corrected chi connectivity index (χ4v) is 2.68. The van der Waals surface area contributed by atoms with Gasteiger partial charge in [-0.2, -0.15) is 0 Å². The molecule has 0 atom stereocenters. The van der Waals surface area contributed by atoms with Crippen molar-refractivity contribution in [1.82, 2.24) is 4.98 Å². The first-order chi connectivity index (χ1) is 11.1. The third-order valence-corrected chi connectivity index (χ3v) is 4.20. The molecule has 2 heterocycles. The number of halogens is 2. The van der Waals surface area contributed by atoms with E-state index in [0.717, 1.165) is 15.6 Å². The molecule has 0 N–H and O–H groups in total. The zero-order valence-electron chi connectivity index (χ0n) is 12.1. The topological polar surface area (TPSA) is 57.7 Å². The molecular weight excluding hydrogens is 386 g/mol. The Morgan fingerprint density at radius 3 is 2.70 bits per heavy atom. The molecule has 120 valence electrons. The van der Waals surface area contributed by atoms with E-state index in [2.05, 4.69) is 20.9 Å². The Balaban J connectivity index is 1.62. The summed E-state index contributed by atoms with van der Waals surface area (Å²) in [6.07, 6.45) is 1.72. The van der Waals surface area contributed by atoms with Crippen LogP contribution in [0, 0.1) is 0 Å². The van der Waals surface area contributed by atoms with E-state index in [-0.39, 0.29) is 19.0 Å². The molecule has 0 spiro atoms. The first-order valence-electron chi connectivity index (χ1n) is 6.96. The van der Waals surface area contributed by atoms with Crippen molar-refractivity contribution >= 4 is 33.5 Å². The van der Waals surface area contributed by atoms with Gasteiger partial charge in [-0.3, -0.25) is 4.79 Å². The Morgan fingerprint density at radius 1 is 1.26 bits per heavy atom. The van der Waals surface area contributed by atoms with Gasteiger partial charge in [0.25, 0.3) is 0 Å². The van der Waals surface area contributed by atoms with Crippen LogP contribution in [0.3, 0.4) is 0 Å². The molecule has 7 heteroatoms. The minimum atomic E-state index is -0.336. The van der Waals surface area contributed by atoms with Gasteiger partial charge in [0.2, 0.25) is 0 Å². The molecule has 1 aliphatic rings. The van der Waals surface area contributed by atoms with Gasteiger partial charge in [0.05, 0.1) is 6.42 Å². The molecular formula is C16H13BrClNO4. The minimum absolute atomic E-state index is 0.137. The summed E-state index contributed by atoms with van der Waals surface area (Å²) >= 11 is 9.15. The summed E-state index contributed by atoms with van der Waals surface area (Å²) in [4.78, 5) is 16.0. The molecule has 0 fully saturated rings. The quantitative estimate of drug-likeness (QED) is 0.582. The maximum absolute atomic E-state index is 12.0. The van der Waals surface area contributed by atoms with E-state index >= 15 is 0 Å². The predicted octanol–water partition coefficient (Wildman–Crippen LogP) is 3.55. The third-order valence-electron chi connectivity index (χ3n) is 3.23. The summed E-state index contributed by atoms with van der Waals surface area (Å²) in [6.45, 7) is 1.18. The second kappa shape index (κ2) is 7.19. The van der Waals surface area contributed by atoms with Crippen molar-refractivity contribution < 1.29 is 19.0 Å². The monoisotopic (exact) mass is 397 g/mol. The first kappa shape index (κ1) is 16.1. The molecule has 0 saturated heterocycles. The van der Waals surface area contributed by atoms with Gasteiger partial charge in [-0.1, -0.05) is 33.6 Å². The fraction of sp³-hybridized carbons (Fsp3) is 0.250. The summed E-state index contributed by atoms with van der Waals surface area (Å²) in [6, 6.07) is 7.02. The Kier molecular flexibility index (Phi) is 5.03. The maximum atomic E-state index is 12.0. The molecule has 0 aliphatic carbocycles. The molecule has 1 aromatic heterocycles. The normalized spacial score (nSPS) is 12.8. The summed E-state index contributed by atoms with van der Waals surface area (Å²) in [7, 11) is 0. The van der Waals surface area contributed by atoms with Crippen molar-refractivity contribution in [1.29, 1.82) is 0 Å². The van der Waals surface area contributed by atoms with Crippen molar-refractivity contribution in [2.45, 2.75) is 13.0 Å². The standard InChI is InChI=1S/C16H13BrClNO4/c17-12-7-14-13(21-3-4-22-14)5-11(12)6-16(20)23-9-10-1-2-15(18)19-8-10/h1-2,5,7-8H,3-4,6,9H2. The van der Waals surface area contributed by atoms with Crippen LogP contribution in [0.1, 0.15) is 11.1 Å². The molecule has 2 aromatic rings. The number of ether oxygens (including phenoxy) is 3. The van der Waals surface area contributed by atoms with E-state index in [4.69, 9.17) is 25.8 Å². The molecule has 0 saturated carbocycles. The number of hydrogen-bond acceptors (Lipinski definition) is 5. The summed E-state index contributed by atoms with van der Waals surface area (Å²) < 4.78 is 17.1. The van der Waals surface area contributed by atoms with Crippen LogP contribution in [-0.2, 0) is 22.6 Å². The number of carbonyl (C=O) groups is 1. The van der Waals surface area contributed by atoms with Crippen LogP contribution >= 0.6 is 27.5 Å². The van der Waals surface area contributed by atoms with Crippen molar-refractivity contribution in [2.75, 3.05) is 13.2 Å². The Hall–Kier alpha value is -1.79. The average Bonchev–Trinajstić information content (AvgIpc) is 2.55. The number of hydrogen-bond donors (Lipinski definition) is 0. The Labute approximate surface area is 146 Å². The van der Waals surface area contributed by atoms with E-state index in [1.54, 1.807) is 30.5 Å². The molecule has 0 unspecified atom stereocenters. The van der Waals surface area contributed by atoms with Gasteiger partial charge >= 0.3 is 5.97 Å². The maximum Gasteiger partial charge on any atom is 0.310 e. The highest BCUT2D eigenvalue weighted by Gasteiger charge is 2.17. The van der Waals surface area contributed by atoms with E-state index < -0.39 is 0 Å². The highest BCUT2D eigenvalue weighted by molar-refractivity contribution is 9.10. The van der Waals surface area contributed by atoms with Crippen LogP contribution in [-0.4, -0.2) is 24.2 Å². The lowest BCUT2D eigenvalue weighted by atomic mass is 10.1. The molecule has 0 amide bonds. The largest absolute Gasteiger partial charge is 0.486 e. The minimum Gasteiger partial charge on any atom is -0.486 e. The first-order valence-corrected chi connectivity index (χ1v) is 8.13. The lowest BCUT2D eigenvalue weighted by molar-refractivity contribution is -0.144. The lowest BCUT2D eigenvalue weighted by Gasteiger charge is -2.19. The van der Waals surface area contributed by atoms with Crippen LogP contribution in [0.25, 0.3) is 0 Å². The van der Waals surface area contributed by atoms with Gasteiger partial charge in [-0.25, -0.2) is 4.98 Å². The third kappa shape index (κ3) is 4.14. The Bertz CT molecular complexity index is 721. The number of fused-ring (bicyclic) bond motifs is 1. The van der Waals surface area contributed by atoms with Gasteiger partial charge < -0.3 is 14.2 Å². The van der Waals surface area contributed by atoms with Crippen molar-refractivity contribution in [2.24, 2.45) is 0 Å². The zero-order valence-corrected chi connectivity index (χ0v) is 14.4. The summed E-state index contributed by atoms with van der Waals surface area (Å²) in [5.41, 5.74) is 1.57. The number of rotatable bonds is 4. The van der Waals surface area contributed by atoms with E-state index in [1.807, 2.05) is 0 Å². The molecule has 1 aromatic carbocycles. The fourth-order valence-electron chi connectivity index (χ4n) is 2.10. The smallest absolute Gasteiger partial charge is 0.310 e. The highest BCUT2D eigenvalue weighted by atomic mass is 79.9. The average molecular weight is 399 g/mol. The molecule has 1 aliphatic heterocycles. The summed E-state index contributed by atoms with van der Waals surface area (Å²) in [5, 5.41) is 0.403. The van der Waals surface area contributed by atoms with Crippen molar-refractivity contribution in [3.8, 4) is 11.5 Å². The van der Waals surface area contributed by atoms with Gasteiger partial charge in [-0.05, 0) is 23.8 Å². The number of nitrogens with zero attached hydrogens (tertiary/aromatic N) is 1. The second-order valence-corrected chi connectivity index (χ2v) is 6.16. The van der Waals surface area contributed by atoms with Gasteiger partial charge in [-0.15, -0.1) is 0 Å². The predicted molar refractivity (Wildman–Crippen MR) is 87.9 cm³/mol. The number of benzene rings is 1. The van der Waals surface area contributed by atoms with Crippen molar-refractivity contribution in [3.05, 3.63) is 51.2 Å². The van der Waals surface area contributed by atoms with E-state index in [9.17, 15) is 4.79 Å². The lowest BCUT2D eigenvalue weighted by Crippen LogP contribution is -2.16. The zero-order chi connectivity index (χ0) is 16.2. The highest BCUT2D eigenvalue weighted by Crippen LogP contribution is 2.35. The van der Waals surface area contributed by atoms with Crippen LogP contribution in [0.5, 0.6) is 11.5 Å². The molecule has 23 heavy (non-hydrogen) atoms. The van der Waals surface area contributed by atoms with Crippen molar-refractivity contribution in [3.63, 3.8) is 0 Å². The van der Waals surface area contributed by atoms with Gasteiger partial charge in [0.1, 0.15) is 25.0 Å². The van der Waals surface area contributed by atoms with E-state index in [0.29, 0.717) is 29.9 Å².